The highest BCUT2D eigenvalue weighted by atomic mass is 79.9. The number of aryl methyl sites for hydroxylation is 1. The highest BCUT2D eigenvalue weighted by Gasteiger charge is 2.12. The monoisotopic (exact) mass is 479 g/mol. The molecule has 1 heterocycles. The van der Waals surface area contributed by atoms with Crippen molar-refractivity contribution < 1.29 is 23.8 Å². The summed E-state index contributed by atoms with van der Waals surface area (Å²) in [5.74, 6) is 0.895. The molecule has 8 heteroatoms. The summed E-state index contributed by atoms with van der Waals surface area (Å²) in [4.78, 5) is 24.8. The van der Waals surface area contributed by atoms with Crippen molar-refractivity contribution in [2.24, 2.45) is 0 Å². The minimum absolute atomic E-state index is 0.160. The molecule has 0 saturated carbocycles. The highest BCUT2D eigenvalue weighted by Crippen LogP contribution is 2.30. The molecule has 0 fully saturated rings. The van der Waals surface area contributed by atoms with Gasteiger partial charge >= 0.3 is 5.97 Å². The van der Waals surface area contributed by atoms with Crippen LogP contribution in [0, 0.1) is 6.92 Å². The molecule has 1 aliphatic heterocycles. The van der Waals surface area contributed by atoms with Gasteiger partial charge in [-0.15, -0.1) is 11.8 Å². The van der Waals surface area contributed by atoms with Crippen molar-refractivity contribution in [2.75, 3.05) is 32.1 Å². The first-order valence-corrected chi connectivity index (χ1v) is 11.0. The van der Waals surface area contributed by atoms with E-state index in [1.54, 1.807) is 0 Å². The zero-order valence-corrected chi connectivity index (χ0v) is 18.4. The second-order valence-electron chi connectivity index (χ2n) is 6.44. The third-order valence-electron chi connectivity index (χ3n) is 4.19. The Bertz CT molecular complexity index is 889. The van der Waals surface area contributed by atoms with Gasteiger partial charge in [-0.3, -0.25) is 9.59 Å². The molecule has 0 aromatic heterocycles. The predicted octanol–water partition coefficient (Wildman–Crippen LogP) is 3.52. The van der Waals surface area contributed by atoms with E-state index >= 15 is 0 Å². The molecule has 0 spiro atoms. The average molecular weight is 480 g/mol. The Morgan fingerprint density at radius 3 is 2.72 bits per heavy atom. The van der Waals surface area contributed by atoms with E-state index in [1.165, 1.54) is 11.8 Å². The third kappa shape index (κ3) is 6.68. The lowest BCUT2D eigenvalue weighted by Crippen LogP contribution is -2.30. The molecule has 29 heavy (non-hydrogen) atoms. The topological polar surface area (TPSA) is 73.9 Å². The zero-order valence-electron chi connectivity index (χ0n) is 16.0. The van der Waals surface area contributed by atoms with Crippen molar-refractivity contribution in [3.8, 4) is 11.5 Å². The summed E-state index contributed by atoms with van der Waals surface area (Å²) in [5, 5.41) is 2.76. The first-order valence-electron chi connectivity index (χ1n) is 9.21. The van der Waals surface area contributed by atoms with E-state index in [9.17, 15) is 9.59 Å². The van der Waals surface area contributed by atoms with Crippen LogP contribution in [0.25, 0.3) is 0 Å². The number of nitrogens with one attached hydrogen (secondary N) is 1. The van der Waals surface area contributed by atoms with E-state index in [0.717, 1.165) is 32.0 Å². The van der Waals surface area contributed by atoms with Gasteiger partial charge in [0.05, 0.1) is 5.75 Å². The van der Waals surface area contributed by atoms with E-state index in [0.29, 0.717) is 26.2 Å². The van der Waals surface area contributed by atoms with E-state index in [4.69, 9.17) is 14.2 Å². The molecule has 1 N–H and O–H groups in total. The van der Waals surface area contributed by atoms with Gasteiger partial charge in [0.1, 0.15) is 13.2 Å². The zero-order chi connectivity index (χ0) is 20.6. The number of rotatable bonds is 8. The van der Waals surface area contributed by atoms with Crippen molar-refractivity contribution in [2.45, 2.75) is 18.2 Å². The van der Waals surface area contributed by atoms with Gasteiger partial charge in [-0.2, -0.15) is 0 Å². The van der Waals surface area contributed by atoms with Gasteiger partial charge in [0, 0.05) is 15.9 Å². The van der Waals surface area contributed by atoms with Gasteiger partial charge in [-0.25, -0.2) is 0 Å². The summed E-state index contributed by atoms with van der Waals surface area (Å²) in [6, 6.07) is 11.6. The SMILES string of the molecule is Cc1cc(Br)ccc1SCC(=O)OCC(=O)NCCc1ccc2c(c1)OCCO2. The number of esters is 1. The molecule has 0 bridgehead atoms. The molecule has 2 aromatic carbocycles. The largest absolute Gasteiger partial charge is 0.486 e. The maximum atomic E-state index is 11.9. The van der Waals surface area contributed by atoms with Gasteiger partial charge in [-0.1, -0.05) is 22.0 Å². The lowest BCUT2D eigenvalue weighted by atomic mass is 10.1. The predicted molar refractivity (Wildman–Crippen MR) is 115 cm³/mol. The van der Waals surface area contributed by atoms with Crippen LogP contribution in [-0.2, 0) is 20.7 Å². The minimum atomic E-state index is -0.417. The quantitative estimate of drug-likeness (QED) is 0.461. The summed E-state index contributed by atoms with van der Waals surface area (Å²) < 4.78 is 17.1. The van der Waals surface area contributed by atoms with E-state index in [-0.39, 0.29) is 18.3 Å². The van der Waals surface area contributed by atoms with Crippen LogP contribution in [-0.4, -0.2) is 44.0 Å². The molecule has 0 aliphatic carbocycles. The fourth-order valence-corrected chi connectivity index (χ4v) is 4.02. The number of carbonyl (C=O) groups is 2. The molecule has 154 valence electrons. The van der Waals surface area contributed by atoms with Crippen LogP contribution in [0.1, 0.15) is 11.1 Å². The van der Waals surface area contributed by atoms with E-state index in [2.05, 4.69) is 21.2 Å². The summed E-state index contributed by atoms with van der Waals surface area (Å²) in [7, 11) is 0. The molecule has 3 rings (SSSR count). The molecule has 1 amide bonds. The van der Waals surface area contributed by atoms with Crippen LogP contribution in [0.4, 0.5) is 0 Å². The summed E-state index contributed by atoms with van der Waals surface area (Å²) in [6.45, 7) is 3.25. The number of thioether (sulfide) groups is 1. The standard InChI is InChI=1S/C21H22BrNO5S/c1-14-10-16(22)3-5-19(14)29-13-21(25)28-12-20(24)23-7-6-15-2-4-17-18(11-15)27-9-8-26-17/h2-5,10-11H,6-9,12-13H2,1H3,(H,23,24). The summed E-state index contributed by atoms with van der Waals surface area (Å²) in [6.07, 6.45) is 0.648. The van der Waals surface area contributed by atoms with Crippen LogP contribution in [0.15, 0.2) is 45.8 Å². The Morgan fingerprint density at radius 2 is 1.93 bits per heavy atom. The third-order valence-corrected chi connectivity index (χ3v) is 5.83. The fourth-order valence-electron chi connectivity index (χ4n) is 2.74. The maximum absolute atomic E-state index is 11.9. The normalized spacial score (nSPS) is 12.3. The number of amides is 1. The van der Waals surface area contributed by atoms with Crippen molar-refractivity contribution in [3.05, 3.63) is 52.0 Å². The number of carbonyl (C=O) groups excluding carboxylic acids is 2. The van der Waals surface area contributed by atoms with Crippen LogP contribution in [0.5, 0.6) is 11.5 Å². The Labute approximate surface area is 182 Å². The van der Waals surface area contributed by atoms with Crippen LogP contribution >= 0.6 is 27.7 Å². The first kappa shape index (κ1) is 21.5. The molecular weight excluding hydrogens is 458 g/mol. The van der Waals surface area contributed by atoms with Crippen molar-refractivity contribution in [1.29, 1.82) is 0 Å². The number of hydrogen-bond donors (Lipinski definition) is 1. The van der Waals surface area contributed by atoms with E-state index in [1.807, 2.05) is 43.3 Å². The molecule has 0 unspecified atom stereocenters. The van der Waals surface area contributed by atoms with Gasteiger partial charge < -0.3 is 19.5 Å². The van der Waals surface area contributed by atoms with Crippen LogP contribution < -0.4 is 14.8 Å². The second-order valence-corrected chi connectivity index (χ2v) is 8.37. The maximum Gasteiger partial charge on any atom is 0.316 e. The number of ether oxygens (including phenoxy) is 3. The van der Waals surface area contributed by atoms with E-state index < -0.39 is 5.97 Å². The summed E-state index contributed by atoms with van der Waals surface area (Å²) >= 11 is 4.80. The Balaban J connectivity index is 1.34. The lowest BCUT2D eigenvalue weighted by Gasteiger charge is -2.18. The molecule has 1 aliphatic rings. The Kier molecular flexibility index (Phi) is 7.83. The number of fused-ring (bicyclic) bond motifs is 1. The molecule has 2 aromatic rings. The Morgan fingerprint density at radius 1 is 1.14 bits per heavy atom. The van der Waals surface area contributed by atoms with Crippen molar-refractivity contribution in [1.82, 2.24) is 5.32 Å². The van der Waals surface area contributed by atoms with Gasteiger partial charge in [0.25, 0.3) is 5.91 Å². The van der Waals surface area contributed by atoms with Gasteiger partial charge in [0.2, 0.25) is 0 Å². The smallest absolute Gasteiger partial charge is 0.316 e. The first-order chi connectivity index (χ1) is 14.0. The molecular formula is C21H22BrNO5S. The lowest BCUT2D eigenvalue weighted by molar-refractivity contribution is -0.145. The molecule has 0 saturated heterocycles. The number of hydrogen-bond acceptors (Lipinski definition) is 6. The molecule has 0 radical (unpaired) electrons. The Hall–Kier alpha value is -2.19. The summed E-state index contributed by atoms with van der Waals surface area (Å²) in [5.41, 5.74) is 2.11. The van der Waals surface area contributed by atoms with Gasteiger partial charge in [0.15, 0.2) is 18.1 Å². The highest BCUT2D eigenvalue weighted by molar-refractivity contribution is 9.10. The van der Waals surface area contributed by atoms with Crippen LogP contribution in [0.2, 0.25) is 0 Å². The number of halogens is 1. The fraction of sp³-hybridized carbons (Fsp3) is 0.333. The molecule has 6 nitrogen and oxygen atoms in total. The molecule has 0 atom stereocenters. The number of benzene rings is 2. The second kappa shape index (κ2) is 10.5. The van der Waals surface area contributed by atoms with Crippen molar-refractivity contribution in [3.63, 3.8) is 0 Å². The van der Waals surface area contributed by atoms with Crippen LogP contribution in [0.3, 0.4) is 0 Å². The van der Waals surface area contributed by atoms with Gasteiger partial charge in [-0.05, 0) is 54.8 Å². The minimum Gasteiger partial charge on any atom is -0.486 e. The van der Waals surface area contributed by atoms with Crippen molar-refractivity contribution >= 4 is 39.6 Å². The average Bonchev–Trinajstić information content (AvgIpc) is 2.71.